The molecule has 1 aromatic rings. The number of phosphoric ester groups is 1. The highest BCUT2D eigenvalue weighted by Crippen LogP contribution is 2.38. The molecular formula is C9H14N3O7P. The molecule has 1 fully saturated rings. The Morgan fingerprint density at radius 2 is 2.30 bits per heavy atom. The zero-order valence-electron chi connectivity index (χ0n) is 10.2. The fourth-order valence-electron chi connectivity index (χ4n) is 1.85. The number of anilines is 1. The molecule has 1 aliphatic rings. The number of aliphatic hydroxyl groups excluding tert-OH is 1. The van der Waals surface area contributed by atoms with Crippen LogP contribution in [0, 0.1) is 0 Å². The van der Waals surface area contributed by atoms with Gasteiger partial charge in [-0.2, -0.15) is 4.98 Å². The van der Waals surface area contributed by atoms with E-state index in [9.17, 15) is 14.5 Å². The molecule has 0 unspecified atom stereocenters. The van der Waals surface area contributed by atoms with E-state index in [-0.39, 0.29) is 12.2 Å². The Bertz CT molecular complexity index is 585. The Labute approximate surface area is 113 Å². The van der Waals surface area contributed by atoms with E-state index >= 15 is 0 Å². The quantitative estimate of drug-likeness (QED) is 0.490. The third-order valence-corrected chi connectivity index (χ3v) is 3.26. The van der Waals surface area contributed by atoms with Crippen LogP contribution < -0.4 is 11.4 Å². The highest BCUT2D eigenvalue weighted by atomic mass is 31.2. The van der Waals surface area contributed by atoms with Crippen molar-refractivity contribution >= 4 is 13.6 Å². The summed E-state index contributed by atoms with van der Waals surface area (Å²) in [7, 11) is -4.64. The number of nitrogens with two attached hydrogens (primary N) is 1. The largest absolute Gasteiger partial charge is 0.469 e. The smallest absolute Gasteiger partial charge is 0.390 e. The van der Waals surface area contributed by atoms with Gasteiger partial charge in [0.15, 0.2) is 0 Å². The molecule has 112 valence electrons. The second-order valence-corrected chi connectivity index (χ2v) is 5.50. The molecule has 0 saturated carbocycles. The van der Waals surface area contributed by atoms with Crippen LogP contribution in [0.25, 0.3) is 0 Å². The summed E-state index contributed by atoms with van der Waals surface area (Å²) in [6.07, 6.45) is -1.32. The van der Waals surface area contributed by atoms with Crippen molar-refractivity contribution < 1.29 is 28.7 Å². The molecule has 20 heavy (non-hydrogen) atoms. The van der Waals surface area contributed by atoms with Crippen molar-refractivity contribution in [1.29, 1.82) is 0 Å². The first-order valence-electron chi connectivity index (χ1n) is 5.64. The Morgan fingerprint density at radius 3 is 2.90 bits per heavy atom. The zero-order chi connectivity index (χ0) is 14.9. The van der Waals surface area contributed by atoms with Gasteiger partial charge in [-0.3, -0.25) is 9.09 Å². The Kier molecular flexibility index (Phi) is 4.23. The molecule has 10 nitrogen and oxygen atoms in total. The van der Waals surface area contributed by atoms with Crippen LogP contribution in [-0.4, -0.2) is 43.3 Å². The second kappa shape index (κ2) is 5.60. The average molecular weight is 307 g/mol. The van der Waals surface area contributed by atoms with Crippen LogP contribution in [0.2, 0.25) is 0 Å². The summed E-state index contributed by atoms with van der Waals surface area (Å²) >= 11 is 0. The van der Waals surface area contributed by atoms with Crippen molar-refractivity contribution in [3.05, 3.63) is 22.7 Å². The normalized spacial score (nSPS) is 26.9. The minimum Gasteiger partial charge on any atom is -0.390 e. The summed E-state index contributed by atoms with van der Waals surface area (Å²) in [6, 6.07) is 1.40. The van der Waals surface area contributed by atoms with Gasteiger partial charge in [0.1, 0.15) is 18.1 Å². The lowest BCUT2D eigenvalue weighted by Crippen LogP contribution is -2.28. The number of hydrogen-bond donors (Lipinski definition) is 4. The van der Waals surface area contributed by atoms with Crippen LogP contribution in [0.5, 0.6) is 0 Å². The SMILES string of the molecule is Nc1ccn([C@H]2C[C@@H](O)[C@H](COP(=O)(O)O)O2)c(=O)n1. The molecule has 1 aromatic heterocycles. The van der Waals surface area contributed by atoms with Crippen molar-refractivity contribution in [2.45, 2.75) is 24.9 Å². The maximum absolute atomic E-state index is 11.6. The van der Waals surface area contributed by atoms with E-state index in [4.69, 9.17) is 20.3 Å². The maximum atomic E-state index is 11.6. The highest BCUT2D eigenvalue weighted by molar-refractivity contribution is 7.46. The number of phosphoric acid groups is 1. The third-order valence-electron chi connectivity index (χ3n) is 2.77. The highest BCUT2D eigenvalue weighted by Gasteiger charge is 2.36. The van der Waals surface area contributed by atoms with Crippen molar-refractivity contribution in [1.82, 2.24) is 9.55 Å². The topological polar surface area (TPSA) is 157 Å². The summed E-state index contributed by atoms with van der Waals surface area (Å²) in [6.45, 7) is -0.487. The first kappa shape index (κ1) is 15.1. The molecule has 11 heteroatoms. The van der Waals surface area contributed by atoms with E-state index < -0.39 is 38.6 Å². The third kappa shape index (κ3) is 3.63. The van der Waals surface area contributed by atoms with Crippen molar-refractivity contribution in [2.75, 3.05) is 12.3 Å². The monoisotopic (exact) mass is 307 g/mol. The van der Waals surface area contributed by atoms with Gasteiger partial charge in [-0.1, -0.05) is 0 Å². The predicted molar refractivity (Wildman–Crippen MR) is 65.4 cm³/mol. The number of nitrogens with zero attached hydrogens (tertiary/aromatic N) is 2. The van der Waals surface area contributed by atoms with Gasteiger partial charge in [0.2, 0.25) is 0 Å². The summed E-state index contributed by atoms with van der Waals surface area (Å²) in [5.41, 5.74) is 4.72. The molecular weight excluding hydrogens is 293 g/mol. The average Bonchev–Trinajstić information content (AvgIpc) is 2.67. The Hall–Kier alpha value is -1.29. The zero-order valence-corrected chi connectivity index (χ0v) is 11.1. The van der Waals surface area contributed by atoms with Crippen LogP contribution in [0.15, 0.2) is 17.1 Å². The van der Waals surface area contributed by atoms with Crippen molar-refractivity contribution in [3.8, 4) is 0 Å². The molecule has 2 heterocycles. The number of ether oxygens (including phenoxy) is 1. The fourth-order valence-corrected chi connectivity index (χ4v) is 2.19. The molecule has 0 bridgehead atoms. The molecule has 0 amide bonds. The minimum atomic E-state index is -4.64. The van der Waals surface area contributed by atoms with Gasteiger partial charge in [0.05, 0.1) is 12.7 Å². The van der Waals surface area contributed by atoms with E-state index in [2.05, 4.69) is 9.51 Å². The molecule has 0 radical (unpaired) electrons. The van der Waals surface area contributed by atoms with Gasteiger partial charge in [-0.15, -0.1) is 0 Å². The summed E-state index contributed by atoms with van der Waals surface area (Å²) in [5, 5.41) is 9.74. The molecule has 0 aliphatic carbocycles. The molecule has 1 aliphatic heterocycles. The van der Waals surface area contributed by atoms with E-state index in [0.29, 0.717) is 0 Å². The fraction of sp³-hybridized carbons (Fsp3) is 0.556. The lowest BCUT2D eigenvalue weighted by Gasteiger charge is -2.16. The van der Waals surface area contributed by atoms with E-state index in [0.717, 1.165) is 4.57 Å². The molecule has 5 N–H and O–H groups in total. The number of nitrogen functional groups attached to an aromatic ring is 1. The minimum absolute atomic E-state index is 0.0613. The first-order valence-corrected chi connectivity index (χ1v) is 7.17. The van der Waals surface area contributed by atoms with Gasteiger partial charge in [0.25, 0.3) is 0 Å². The van der Waals surface area contributed by atoms with Gasteiger partial charge >= 0.3 is 13.5 Å². The van der Waals surface area contributed by atoms with Crippen molar-refractivity contribution in [2.24, 2.45) is 0 Å². The van der Waals surface area contributed by atoms with Crippen LogP contribution in [0.1, 0.15) is 12.6 Å². The summed E-state index contributed by atoms with van der Waals surface area (Å²) < 4.78 is 21.3. The molecule has 0 aromatic carbocycles. The predicted octanol–water partition coefficient (Wildman–Crippen LogP) is -1.42. The standard InChI is InChI=1S/C9H14N3O7P/c10-7-1-2-12(9(14)11-7)8-3-5(13)6(19-8)4-18-20(15,16)17/h1-2,5-6,8,13H,3-4H2,(H2,10,11,14)(H2,15,16,17)/t5-,6+,8-/m1/s1. The van der Waals surface area contributed by atoms with Crippen LogP contribution in [0.4, 0.5) is 5.82 Å². The number of hydrogen-bond acceptors (Lipinski definition) is 7. The molecule has 1 saturated heterocycles. The second-order valence-electron chi connectivity index (χ2n) is 4.26. The number of aromatic nitrogens is 2. The molecule has 3 atom stereocenters. The number of aliphatic hydroxyl groups is 1. The Balaban J connectivity index is 2.06. The molecule has 2 rings (SSSR count). The van der Waals surface area contributed by atoms with Gasteiger partial charge in [0, 0.05) is 12.6 Å². The summed E-state index contributed by atoms with van der Waals surface area (Å²) in [5.74, 6) is 0.0613. The summed E-state index contributed by atoms with van der Waals surface area (Å²) in [4.78, 5) is 32.3. The van der Waals surface area contributed by atoms with E-state index in [1.54, 1.807) is 0 Å². The lowest BCUT2D eigenvalue weighted by atomic mass is 10.2. The maximum Gasteiger partial charge on any atom is 0.469 e. The Morgan fingerprint density at radius 1 is 1.60 bits per heavy atom. The van der Waals surface area contributed by atoms with Gasteiger partial charge in [-0.05, 0) is 6.07 Å². The van der Waals surface area contributed by atoms with Crippen LogP contribution in [-0.2, 0) is 13.8 Å². The molecule has 0 spiro atoms. The van der Waals surface area contributed by atoms with E-state index in [1.807, 2.05) is 0 Å². The van der Waals surface area contributed by atoms with E-state index in [1.165, 1.54) is 12.3 Å². The van der Waals surface area contributed by atoms with Gasteiger partial charge in [-0.25, -0.2) is 9.36 Å². The van der Waals surface area contributed by atoms with Crippen LogP contribution >= 0.6 is 7.82 Å². The lowest BCUT2D eigenvalue weighted by molar-refractivity contribution is -0.0450. The van der Waals surface area contributed by atoms with Crippen LogP contribution in [0.3, 0.4) is 0 Å². The van der Waals surface area contributed by atoms with Gasteiger partial charge < -0.3 is 25.4 Å². The number of rotatable bonds is 4. The first-order chi connectivity index (χ1) is 9.26. The van der Waals surface area contributed by atoms with Crippen molar-refractivity contribution in [3.63, 3.8) is 0 Å².